The summed E-state index contributed by atoms with van der Waals surface area (Å²) in [5, 5.41) is 3.30. The highest BCUT2D eigenvalue weighted by atomic mass is 16.6. The highest BCUT2D eigenvalue weighted by Crippen LogP contribution is 2.38. The Morgan fingerprint density at radius 2 is 1.71 bits per heavy atom. The molecule has 2 aliphatic heterocycles. The SMILES string of the molecule is C1COCCO1.CN1C(=O)NC(=O)[C@]12Cc1cc3ccc(C=O)nc3cc1C2. The zero-order chi connectivity index (χ0) is 19.7. The third-order valence-corrected chi connectivity index (χ3v) is 5.45. The molecule has 1 aliphatic carbocycles. The van der Waals surface area contributed by atoms with Crippen molar-refractivity contribution < 1.29 is 23.9 Å². The van der Waals surface area contributed by atoms with Crippen LogP contribution in [0, 0.1) is 0 Å². The molecule has 1 aromatic carbocycles. The lowest BCUT2D eigenvalue weighted by Crippen LogP contribution is -2.48. The summed E-state index contributed by atoms with van der Waals surface area (Å²) in [5.41, 5.74) is 2.33. The van der Waals surface area contributed by atoms with E-state index in [2.05, 4.69) is 10.3 Å². The van der Waals surface area contributed by atoms with E-state index in [1.54, 1.807) is 13.1 Å². The van der Waals surface area contributed by atoms with Gasteiger partial charge < -0.3 is 14.4 Å². The summed E-state index contributed by atoms with van der Waals surface area (Å²) in [6, 6.07) is 7.07. The highest BCUT2D eigenvalue weighted by molar-refractivity contribution is 6.08. The third-order valence-electron chi connectivity index (χ3n) is 5.45. The van der Waals surface area contributed by atoms with Crippen LogP contribution in [0.4, 0.5) is 4.79 Å². The van der Waals surface area contributed by atoms with Crippen molar-refractivity contribution in [3.63, 3.8) is 0 Å². The van der Waals surface area contributed by atoms with Crippen LogP contribution >= 0.6 is 0 Å². The van der Waals surface area contributed by atoms with Gasteiger partial charge in [-0.1, -0.05) is 6.07 Å². The van der Waals surface area contributed by atoms with Gasteiger partial charge in [0.05, 0.1) is 31.9 Å². The van der Waals surface area contributed by atoms with Crippen molar-refractivity contribution in [3.05, 3.63) is 41.1 Å². The van der Waals surface area contributed by atoms with Gasteiger partial charge in [-0.15, -0.1) is 0 Å². The summed E-state index contributed by atoms with van der Waals surface area (Å²) in [6.07, 6.45) is 1.69. The molecule has 0 unspecified atom stereocenters. The summed E-state index contributed by atoms with van der Waals surface area (Å²) in [5.74, 6) is -0.248. The van der Waals surface area contributed by atoms with E-state index in [1.165, 1.54) is 4.90 Å². The van der Waals surface area contributed by atoms with E-state index in [0.717, 1.165) is 48.5 Å². The van der Waals surface area contributed by atoms with Crippen LogP contribution < -0.4 is 5.32 Å². The van der Waals surface area contributed by atoms with Crippen LogP contribution in [-0.2, 0) is 27.1 Å². The Balaban J connectivity index is 0.000000275. The number of nitrogens with one attached hydrogen (secondary N) is 1. The average Bonchev–Trinajstić information content (AvgIpc) is 3.20. The summed E-state index contributed by atoms with van der Waals surface area (Å²) in [6.45, 7) is 3.11. The Morgan fingerprint density at radius 1 is 1.07 bits per heavy atom. The molecule has 2 saturated heterocycles. The van der Waals surface area contributed by atoms with Crippen molar-refractivity contribution in [2.24, 2.45) is 0 Å². The molecule has 0 saturated carbocycles. The second kappa shape index (κ2) is 7.29. The molecule has 2 aromatic rings. The van der Waals surface area contributed by atoms with Crippen LogP contribution in [-0.4, -0.2) is 67.1 Å². The fraction of sp³-hybridized carbons (Fsp3) is 0.400. The fourth-order valence-electron chi connectivity index (χ4n) is 3.85. The Morgan fingerprint density at radius 3 is 2.25 bits per heavy atom. The minimum absolute atomic E-state index is 0.248. The molecular weight excluding hydrogens is 362 g/mol. The number of ether oxygens (including phenoxy) is 2. The smallest absolute Gasteiger partial charge is 0.324 e. The first-order chi connectivity index (χ1) is 13.5. The van der Waals surface area contributed by atoms with Gasteiger partial charge in [-0.25, -0.2) is 9.78 Å². The van der Waals surface area contributed by atoms with E-state index in [0.29, 0.717) is 24.8 Å². The number of hydrogen-bond donors (Lipinski definition) is 1. The number of nitrogens with zero attached hydrogens (tertiary/aromatic N) is 2. The number of carbonyl (C=O) groups is 3. The minimum Gasteiger partial charge on any atom is -0.377 e. The maximum absolute atomic E-state index is 12.2. The number of pyridine rings is 1. The first-order valence-corrected chi connectivity index (χ1v) is 9.16. The minimum atomic E-state index is -0.829. The maximum Gasteiger partial charge on any atom is 0.324 e. The number of imide groups is 1. The summed E-state index contributed by atoms with van der Waals surface area (Å²) >= 11 is 0. The molecule has 3 amide bonds. The van der Waals surface area contributed by atoms with Crippen LogP contribution in [0.2, 0.25) is 0 Å². The maximum atomic E-state index is 12.2. The number of likely N-dealkylation sites (N-methyl/N-ethyl adjacent to an activating group) is 1. The molecule has 1 spiro atoms. The van der Waals surface area contributed by atoms with Gasteiger partial charge in [0.2, 0.25) is 0 Å². The lowest BCUT2D eigenvalue weighted by Gasteiger charge is -2.27. The Labute approximate surface area is 161 Å². The van der Waals surface area contributed by atoms with Gasteiger partial charge in [-0.3, -0.25) is 14.9 Å². The number of benzene rings is 1. The van der Waals surface area contributed by atoms with Crippen LogP contribution in [0.1, 0.15) is 21.6 Å². The largest absolute Gasteiger partial charge is 0.377 e. The lowest BCUT2D eigenvalue weighted by atomic mass is 9.95. The van der Waals surface area contributed by atoms with Crippen molar-refractivity contribution in [2.45, 2.75) is 18.4 Å². The van der Waals surface area contributed by atoms with Crippen molar-refractivity contribution >= 4 is 29.1 Å². The predicted molar refractivity (Wildman–Crippen MR) is 100 cm³/mol. The van der Waals surface area contributed by atoms with Gasteiger partial charge >= 0.3 is 6.03 Å². The fourth-order valence-corrected chi connectivity index (χ4v) is 3.85. The number of fused-ring (bicyclic) bond motifs is 2. The monoisotopic (exact) mass is 383 g/mol. The van der Waals surface area contributed by atoms with Gasteiger partial charge in [-0.2, -0.15) is 0 Å². The topological polar surface area (TPSA) is 97.8 Å². The molecule has 8 nitrogen and oxygen atoms in total. The molecule has 3 aliphatic rings. The number of amides is 3. The molecule has 28 heavy (non-hydrogen) atoms. The number of urea groups is 1. The Bertz CT molecular complexity index is 945. The van der Waals surface area contributed by atoms with E-state index in [4.69, 9.17) is 9.47 Å². The van der Waals surface area contributed by atoms with Crippen LogP contribution in [0.15, 0.2) is 24.3 Å². The molecule has 5 rings (SSSR count). The average molecular weight is 383 g/mol. The van der Waals surface area contributed by atoms with Crippen molar-refractivity contribution in [1.82, 2.24) is 15.2 Å². The first kappa shape index (κ1) is 18.5. The molecule has 1 N–H and O–H groups in total. The molecule has 1 atom stereocenters. The molecular formula is C20H21N3O5. The normalized spacial score (nSPS) is 23.4. The second-order valence-corrected chi connectivity index (χ2v) is 7.10. The van der Waals surface area contributed by atoms with E-state index < -0.39 is 5.54 Å². The summed E-state index contributed by atoms with van der Waals surface area (Å²) in [4.78, 5) is 40.6. The number of hydrogen-bond acceptors (Lipinski definition) is 6. The Hall–Kier alpha value is -2.84. The highest BCUT2D eigenvalue weighted by Gasteiger charge is 2.54. The van der Waals surface area contributed by atoms with Crippen molar-refractivity contribution in [1.29, 1.82) is 0 Å². The molecule has 8 heteroatoms. The van der Waals surface area contributed by atoms with E-state index in [1.807, 2.05) is 18.2 Å². The second-order valence-electron chi connectivity index (χ2n) is 7.10. The zero-order valence-electron chi connectivity index (χ0n) is 15.6. The molecule has 146 valence electrons. The standard InChI is InChI=1S/C16H13N3O3.C4H8O2/c1-19-15(22)18-14(21)16(19)6-10-4-9-2-3-12(8-20)17-13(9)5-11(10)7-16;1-2-6-4-3-5-1/h2-5,8H,6-7H2,1H3,(H,18,21,22);1-4H2/t16-;/m1./s1. The first-order valence-electron chi connectivity index (χ1n) is 9.16. The molecule has 2 fully saturated rings. The van der Waals surface area contributed by atoms with Crippen LogP contribution in [0.25, 0.3) is 10.9 Å². The molecule has 0 radical (unpaired) electrons. The number of aromatic nitrogens is 1. The molecule has 0 bridgehead atoms. The summed E-state index contributed by atoms with van der Waals surface area (Å²) in [7, 11) is 1.65. The van der Waals surface area contributed by atoms with Gasteiger partial charge in [0.1, 0.15) is 11.2 Å². The van der Waals surface area contributed by atoms with Crippen molar-refractivity contribution in [3.8, 4) is 0 Å². The van der Waals surface area contributed by atoms with Gasteiger partial charge in [0.25, 0.3) is 5.91 Å². The van der Waals surface area contributed by atoms with Crippen LogP contribution in [0.5, 0.6) is 0 Å². The quantitative estimate of drug-likeness (QED) is 0.585. The van der Waals surface area contributed by atoms with E-state index in [-0.39, 0.29) is 11.9 Å². The Kier molecular flexibility index (Phi) is 4.82. The number of aldehydes is 1. The predicted octanol–water partition coefficient (Wildman–Crippen LogP) is 1.10. The third kappa shape index (κ3) is 3.14. The van der Waals surface area contributed by atoms with E-state index in [9.17, 15) is 14.4 Å². The van der Waals surface area contributed by atoms with Crippen molar-refractivity contribution in [2.75, 3.05) is 33.5 Å². The molecule has 1 aromatic heterocycles. The van der Waals surface area contributed by atoms with Gasteiger partial charge in [0, 0.05) is 25.3 Å². The van der Waals surface area contributed by atoms with E-state index >= 15 is 0 Å². The lowest BCUT2D eigenvalue weighted by molar-refractivity contribution is -0.125. The summed E-state index contributed by atoms with van der Waals surface area (Å²) < 4.78 is 9.89. The van der Waals surface area contributed by atoms with Gasteiger partial charge in [-0.05, 0) is 29.3 Å². The molecule has 3 heterocycles. The number of rotatable bonds is 1. The van der Waals surface area contributed by atoms with Gasteiger partial charge in [0.15, 0.2) is 6.29 Å². The van der Waals surface area contributed by atoms with Crippen LogP contribution in [0.3, 0.4) is 0 Å². The zero-order valence-corrected chi connectivity index (χ0v) is 15.6. The number of carbonyl (C=O) groups excluding carboxylic acids is 3.